The molecular weight excluding hydrogens is 414 g/mol. The van der Waals surface area contributed by atoms with Gasteiger partial charge in [0.25, 0.3) is 5.91 Å². The number of piperazine rings is 1. The number of anilines is 4. The summed E-state index contributed by atoms with van der Waals surface area (Å²) in [5.74, 6) is 0.741. The van der Waals surface area contributed by atoms with Crippen LogP contribution in [0.25, 0.3) is 0 Å². The molecule has 0 unspecified atom stereocenters. The fourth-order valence-corrected chi connectivity index (χ4v) is 3.66. The Morgan fingerprint density at radius 1 is 1.03 bits per heavy atom. The molecule has 0 radical (unpaired) electrons. The number of hydrogen-bond acceptors (Lipinski definition) is 7. The lowest BCUT2D eigenvalue weighted by molar-refractivity contribution is 0.0962. The molecule has 1 fully saturated rings. The fraction of sp³-hybridized carbons (Fsp3) is 0.227. The molecule has 1 saturated heterocycles. The molecule has 160 valence electrons. The highest BCUT2D eigenvalue weighted by molar-refractivity contribution is 6.30. The maximum absolute atomic E-state index is 12.3. The summed E-state index contributed by atoms with van der Waals surface area (Å²) in [5, 5.41) is 0.725. The molecule has 2 heterocycles. The maximum Gasteiger partial charge on any atom is 0.269 e. The molecule has 4 N–H and O–H groups in total. The number of benzene rings is 2. The Morgan fingerprint density at radius 2 is 1.74 bits per heavy atom. The Labute approximate surface area is 186 Å². The normalized spacial score (nSPS) is 13.7. The predicted octanol–water partition coefficient (Wildman–Crippen LogP) is 3.10. The number of aryl methyl sites for hydroxylation is 1. The average molecular weight is 438 g/mol. The minimum absolute atomic E-state index is 0.269. The van der Waals surface area contributed by atoms with Gasteiger partial charge in [-0.2, -0.15) is 0 Å². The van der Waals surface area contributed by atoms with Gasteiger partial charge in [-0.25, -0.2) is 9.97 Å². The molecule has 0 saturated carbocycles. The van der Waals surface area contributed by atoms with E-state index in [0.717, 1.165) is 42.5 Å². The Hall–Kier alpha value is -3.52. The van der Waals surface area contributed by atoms with Crippen LogP contribution in [-0.2, 0) is 0 Å². The Morgan fingerprint density at radius 3 is 2.45 bits per heavy atom. The van der Waals surface area contributed by atoms with E-state index in [0.29, 0.717) is 22.9 Å². The maximum atomic E-state index is 12.3. The number of nitrogen functional groups attached to an aromatic ring is 1. The number of nitrogens with zero attached hydrogens (tertiary/aromatic N) is 4. The first-order chi connectivity index (χ1) is 15.0. The number of carbonyl (C=O) groups excluding carboxylic acids is 1. The molecule has 3 aromatic rings. The highest BCUT2D eigenvalue weighted by Crippen LogP contribution is 2.28. The van der Waals surface area contributed by atoms with Gasteiger partial charge in [0.05, 0.1) is 0 Å². The smallest absolute Gasteiger partial charge is 0.269 e. The number of halogens is 1. The number of hydrazine groups is 1. The summed E-state index contributed by atoms with van der Waals surface area (Å²) < 4.78 is 0. The summed E-state index contributed by atoms with van der Waals surface area (Å²) in [6.07, 6.45) is 1.44. The largest absolute Gasteiger partial charge is 0.393 e. The number of nitrogens with two attached hydrogens (primary N) is 1. The predicted molar refractivity (Wildman–Crippen MR) is 125 cm³/mol. The van der Waals surface area contributed by atoms with E-state index in [2.05, 4.69) is 36.7 Å². The van der Waals surface area contributed by atoms with E-state index >= 15 is 0 Å². The SMILES string of the molecule is Cc1ccc(C(=O)NNc2ncnc(N3CCN(c4cccc(Cl)c4)CC3)c2N)cc1. The van der Waals surface area contributed by atoms with E-state index in [1.54, 1.807) is 12.1 Å². The van der Waals surface area contributed by atoms with Gasteiger partial charge in [0.2, 0.25) is 0 Å². The van der Waals surface area contributed by atoms with Crippen molar-refractivity contribution in [2.45, 2.75) is 6.92 Å². The first kappa shape index (κ1) is 20.7. The van der Waals surface area contributed by atoms with Crippen LogP contribution >= 0.6 is 11.6 Å². The topological polar surface area (TPSA) is 99.4 Å². The molecule has 8 nitrogen and oxygen atoms in total. The molecule has 0 spiro atoms. The van der Waals surface area contributed by atoms with Crippen LogP contribution in [0.15, 0.2) is 54.9 Å². The van der Waals surface area contributed by atoms with Crippen LogP contribution in [0.1, 0.15) is 15.9 Å². The van der Waals surface area contributed by atoms with E-state index < -0.39 is 0 Å². The number of aromatic nitrogens is 2. The third kappa shape index (κ3) is 4.80. The zero-order valence-corrected chi connectivity index (χ0v) is 17.9. The van der Waals surface area contributed by atoms with Gasteiger partial charge in [0.15, 0.2) is 11.6 Å². The highest BCUT2D eigenvalue weighted by atomic mass is 35.5. The molecule has 2 aromatic carbocycles. The zero-order chi connectivity index (χ0) is 21.8. The van der Waals surface area contributed by atoms with Crippen LogP contribution in [0, 0.1) is 6.92 Å². The fourth-order valence-electron chi connectivity index (χ4n) is 3.48. The monoisotopic (exact) mass is 437 g/mol. The molecule has 0 atom stereocenters. The van der Waals surface area contributed by atoms with Crippen molar-refractivity contribution in [3.05, 3.63) is 71.0 Å². The van der Waals surface area contributed by atoms with Crippen molar-refractivity contribution in [1.82, 2.24) is 15.4 Å². The van der Waals surface area contributed by atoms with Crippen molar-refractivity contribution in [2.24, 2.45) is 0 Å². The van der Waals surface area contributed by atoms with Crippen molar-refractivity contribution in [3.8, 4) is 0 Å². The van der Waals surface area contributed by atoms with Crippen LogP contribution in [-0.4, -0.2) is 42.1 Å². The first-order valence-corrected chi connectivity index (χ1v) is 10.4. The molecule has 9 heteroatoms. The second-order valence-corrected chi connectivity index (χ2v) is 7.80. The van der Waals surface area contributed by atoms with Gasteiger partial charge < -0.3 is 15.5 Å². The molecule has 1 aliphatic rings. The van der Waals surface area contributed by atoms with Gasteiger partial charge >= 0.3 is 0 Å². The lowest BCUT2D eigenvalue weighted by atomic mass is 10.1. The first-order valence-electron chi connectivity index (χ1n) is 10.0. The van der Waals surface area contributed by atoms with Crippen LogP contribution in [0.5, 0.6) is 0 Å². The average Bonchev–Trinajstić information content (AvgIpc) is 2.79. The Balaban J connectivity index is 1.40. The zero-order valence-electron chi connectivity index (χ0n) is 17.2. The van der Waals surface area contributed by atoms with E-state index in [9.17, 15) is 4.79 Å². The lowest BCUT2D eigenvalue weighted by Gasteiger charge is -2.37. The van der Waals surface area contributed by atoms with Crippen molar-refractivity contribution in [2.75, 3.05) is 47.1 Å². The van der Waals surface area contributed by atoms with Crippen LogP contribution in [0.4, 0.5) is 23.0 Å². The number of hydrogen-bond donors (Lipinski definition) is 3. The van der Waals surface area contributed by atoms with E-state index in [1.165, 1.54) is 6.33 Å². The molecule has 0 aliphatic carbocycles. The molecule has 0 bridgehead atoms. The second-order valence-electron chi connectivity index (χ2n) is 7.36. The highest BCUT2D eigenvalue weighted by Gasteiger charge is 2.22. The summed E-state index contributed by atoms with van der Waals surface area (Å²) in [6.45, 7) is 5.11. The number of nitrogens with one attached hydrogen (secondary N) is 2. The second kappa shape index (κ2) is 9.09. The van der Waals surface area contributed by atoms with E-state index in [4.69, 9.17) is 17.3 Å². The van der Waals surface area contributed by atoms with Crippen LogP contribution in [0.2, 0.25) is 5.02 Å². The van der Waals surface area contributed by atoms with Crippen LogP contribution in [0.3, 0.4) is 0 Å². The van der Waals surface area contributed by atoms with Crippen molar-refractivity contribution >= 4 is 40.5 Å². The minimum atomic E-state index is -0.269. The molecule has 1 aliphatic heterocycles. The molecule has 1 amide bonds. The molecular formula is C22H24ClN7O. The van der Waals surface area contributed by atoms with Crippen molar-refractivity contribution in [3.63, 3.8) is 0 Å². The summed E-state index contributed by atoms with van der Waals surface area (Å²) in [5.41, 5.74) is 14.9. The van der Waals surface area contributed by atoms with Crippen LogP contribution < -0.4 is 26.4 Å². The standard InChI is InChI=1S/C22H24ClN7O/c1-15-5-7-16(8-6-15)22(31)28-27-20-19(24)21(26-14-25-20)30-11-9-29(10-12-30)18-4-2-3-17(23)13-18/h2-8,13-14H,9-12,24H2,1H3,(H,28,31)(H,25,26,27). The lowest BCUT2D eigenvalue weighted by Crippen LogP contribution is -2.47. The van der Waals surface area contributed by atoms with E-state index in [-0.39, 0.29) is 5.91 Å². The summed E-state index contributed by atoms with van der Waals surface area (Å²) >= 11 is 6.12. The Kier molecular flexibility index (Phi) is 6.08. The quantitative estimate of drug-likeness (QED) is 0.527. The third-order valence-electron chi connectivity index (χ3n) is 5.22. The van der Waals surface area contributed by atoms with Crippen molar-refractivity contribution < 1.29 is 4.79 Å². The summed E-state index contributed by atoms with van der Waals surface area (Å²) in [4.78, 5) is 25.3. The molecule has 1 aromatic heterocycles. The van der Waals surface area contributed by atoms with Gasteiger partial charge in [-0.1, -0.05) is 35.4 Å². The summed E-state index contributed by atoms with van der Waals surface area (Å²) in [7, 11) is 0. The van der Waals surface area contributed by atoms with Gasteiger partial charge in [-0.05, 0) is 37.3 Å². The molecule has 31 heavy (non-hydrogen) atoms. The van der Waals surface area contributed by atoms with E-state index in [1.807, 2.05) is 37.3 Å². The minimum Gasteiger partial charge on any atom is -0.393 e. The number of rotatable bonds is 5. The van der Waals surface area contributed by atoms with Gasteiger partial charge in [-0.15, -0.1) is 0 Å². The number of carbonyl (C=O) groups is 1. The molecule has 4 rings (SSSR count). The van der Waals surface area contributed by atoms with Crippen molar-refractivity contribution in [1.29, 1.82) is 0 Å². The third-order valence-corrected chi connectivity index (χ3v) is 5.46. The number of amides is 1. The van der Waals surface area contributed by atoms with Gasteiger partial charge in [0.1, 0.15) is 12.0 Å². The summed E-state index contributed by atoms with van der Waals surface area (Å²) in [6, 6.07) is 15.1. The van der Waals surface area contributed by atoms with Gasteiger partial charge in [0, 0.05) is 42.5 Å². The van der Waals surface area contributed by atoms with Gasteiger partial charge in [-0.3, -0.25) is 15.6 Å². The Bertz CT molecular complexity index is 1070.